The Kier molecular flexibility index (Phi) is 6.25. The lowest BCUT2D eigenvalue weighted by molar-refractivity contribution is -0.134. The summed E-state index contributed by atoms with van der Waals surface area (Å²) >= 11 is 0. The van der Waals surface area contributed by atoms with E-state index in [-0.39, 0.29) is 12.3 Å². The molecular weight excluding hydrogens is 306 g/mol. The molecule has 0 aromatic heterocycles. The SMILES string of the molecule is CCOC(=O)C(=Nc1ccccc1)c1ccc(C(=O)OCC)cc1. The summed E-state index contributed by atoms with van der Waals surface area (Å²) in [5.74, 6) is -0.910. The van der Waals surface area contributed by atoms with Crippen LogP contribution in [0, 0.1) is 0 Å². The zero-order chi connectivity index (χ0) is 17.4. The van der Waals surface area contributed by atoms with Gasteiger partial charge in [-0.2, -0.15) is 0 Å². The van der Waals surface area contributed by atoms with Gasteiger partial charge in [0.15, 0.2) is 5.71 Å². The molecule has 0 aliphatic heterocycles. The third-order valence-corrected chi connectivity index (χ3v) is 3.14. The first kappa shape index (κ1) is 17.4. The van der Waals surface area contributed by atoms with Crippen molar-refractivity contribution in [1.82, 2.24) is 0 Å². The summed E-state index contributed by atoms with van der Waals surface area (Å²) in [5.41, 5.74) is 1.84. The van der Waals surface area contributed by atoms with Crippen LogP contribution in [0.25, 0.3) is 0 Å². The summed E-state index contributed by atoms with van der Waals surface area (Å²) in [7, 11) is 0. The van der Waals surface area contributed by atoms with Crippen molar-refractivity contribution in [2.24, 2.45) is 4.99 Å². The fourth-order valence-corrected chi connectivity index (χ4v) is 2.04. The van der Waals surface area contributed by atoms with E-state index in [1.807, 2.05) is 18.2 Å². The van der Waals surface area contributed by atoms with Crippen LogP contribution >= 0.6 is 0 Å². The predicted molar refractivity (Wildman–Crippen MR) is 91.7 cm³/mol. The van der Waals surface area contributed by atoms with Gasteiger partial charge in [0.2, 0.25) is 0 Å². The van der Waals surface area contributed by atoms with Crippen molar-refractivity contribution in [2.45, 2.75) is 13.8 Å². The van der Waals surface area contributed by atoms with E-state index >= 15 is 0 Å². The van der Waals surface area contributed by atoms with Gasteiger partial charge < -0.3 is 9.47 Å². The lowest BCUT2D eigenvalue weighted by Gasteiger charge is -2.08. The zero-order valence-electron chi connectivity index (χ0n) is 13.7. The third-order valence-electron chi connectivity index (χ3n) is 3.14. The molecule has 0 unspecified atom stereocenters. The van der Waals surface area contributed by atoms with Gasteiger partial charge >= 0.3 is 11.9 Å². The van der Waals surface area contributed by atoms with Crippen molar-refractivity contribution in [2.75, 3.05) is 13.2 Å². The molecule has 0 atom stereocenters. The number of rotatable bonds is 6. The smallest absolute Gasteiger partial charge is 0.357 e. The van der Waals surface area contributed by atoms with Gasteiger partial charge in [-0.1, -0.05) is 30.3 Å². The minimum atomic E-state index is -0.509. The van der Waals surface area contributed by atoms with E-state index in [0.29, 0.717) is 23.4 Å². The average Bonchev–Trinajstić information content (AvgIpc) is 2.61. The van der Waals surface area contributed by atoms with Crippen molar-refractivity contribution in [3.05, 3.63) is 65.7 Å². The molecule has 124 valence electrons. The number of carbonyl (C=O) groups excluding carboxylic acids is 2. The van der Waals surface area contributed by atoms with Gasteiger partial charge in [0.1, 0.15) is 0 Å². The fraction of sp³-hybridized carbons (Fsp3) is 0.211. The zero-order valence-corrected chi connectivity index (χ0v) is 13.7. The van der Waals surface area contributed by atoms with Gasteiger partial charge in [-0.15, -0.1) is 0 Å². The minimum Gasteiger partial charge on any atom is -0.462 e. The van der Waals surface area contributed by atoms with Gasteiger partial charge in [-0.25, -0.2) is 14.6 Å². The molecule has 0 bridgehead atoms. The molecule has 2 aromatic carbocycles. The van der Waals surface area contributed by atoms with Crippen molar-refractivity contribution in [3.8, 4) is 0 Å². The van der Waals surface area contributed by atoms with Crippen molar-refractivity contribution in [1.29, 1.82) is 0 Å². The van der Waals surface area contributed by atoms with Crippen LogP contribution < -0.4 is 0 Å². The molecule has 0 radical (unpaired) electrons. The summed E-state index contributed by atoms with van der Waals surface area (Å²) in [4.78, 5) is 28.3. The molecule has 0 N–H and O–H groups in total. The van der Waals surface area contributed by atoms with Crippen LogP contribution in [0.2, 0.25) is 0 Å². The maximum absolute atomic E-state index is 12.2. The molecule has 0 aliphatic rings. The molecule has 0 aliphatic carbocycles. The maximum Gasteiger partial charge on any atom is 0.357 e. The van der Waals surface area contributed by atoms with E-state index in [4.69, 9.17) is 9.47 Å². The Balaban J connectivity index is 2.35. The summed E-state index contributed by atoms with van der Waals surface area (Å²) < 4.78 is 10.0. The second-order valence-electron chi connectivity index (χ2n) is 4.81. The highest BCUT2D eigenvalue weighted by atomic mass is 16.5. The molecule has 2 aromatic rings. The quantitative estimate of drug-likeness (QED) is 0.602. The normalized spacial score (nSPS) is 11.0. The fourth-order valence-electron chi connectivity index (χ4n) is 2.04. The number of carbonyl (C=O) groups is 2. The molecule has 2 rings (SSSR count). The average molecular weight is 325 g/mol. The summed E-state index contributed by atoms with van der Waals surface area (Å²) in [6.45, 7) is 4.05. The van der Waals surface area contributed by atoms with E-state index in [1.54, 1.807) is 50.2 Å². The van der Waals surface area contributed by atoms with E-state index in [9.17, 15) is 9.59 Å². The molecular formula is C19H19NO4. The van der Waals surface area contributed by atoms with Crippen molar-refractivity contribution < 1.29 is 19.1 Å². The number of hydrogen-bond donors (Lipinski definition) is 0. The Morgan fingerprint density at radius 2 is 1.42 bits per heavy atom. The van der Waals surface area contributed by atoms with Crippen molar-refractivity contribution in [3.63, 3.8) is 0 Å². The third kappa shape index (κ3) is 4.52. The number of benzene rings is 2. The van der Waals surface area contributed by atoms with Crippen LogP contribution in [0.15, 0.2) is 59.6 Å². The maximum atomic E-state index is 12.2. The summed E-state index contributed by atoms with van der Waals surface area (Å²) in [6, 6.07) is 15.7. The Hall–Kier alpha value is -2.95. The predicted octanol–water partition coefficient (Wildman–Crippen LogP) is 3.55. The van der Waals surface area contributed by atoms with Gasteiger partial charge in [0, 0.05) is 5.56 Å². The molecule has 0 spiro atoms. The second-order valence-corrected chi connectivity index (χ2v) is 4.81. The molecule has 0 amide bonds. The van der Waals surface area contributed by atoms with Crippen LogP contribution in [0.3, 0.4) is 0 Å². The molecule has 0 saturated heterocycles. The van der Waals surface area contributed by atoms with E-state index in [2.05, 4.69) is 4.99 Å². The molecule has 24 heavy (non-hydrogen) atoms. The lowest BCUT2D eigenvalue weighted by Crippen LogP contribution is -2.19. The monoisotopic (exact) mass is 325 g/mol. The van der Waals surface area contributed by atoms with E-state index < -0.39 is 11.9 Å². The molecule has 0 fully saturated rings. The summed E-state index contributed by atoms with van der Waals surface area (Å²) in [5, 5.41) is 0. The largest absolute Gasteiger partial charge is 0.462 e. The van der Waals surface area contributed by atoms with Gasteiger partial charge in [0.05, 0.1) is 24.5 Å². The Bertz CT molecular complexity index is 721. The van der Waals surface area contributed by atoms with Crippen LogP contribution in [0.4, 0.5) is 5.69 Å². The second kappa shape index (κ2) is 8.62. The van der Waals surface area contributed by atoms with Crippen LogP contribution in [0.5, 0.6) is 0 Å². The number of nitrogens with zero attached hydrogens (tertiary/aromatic N) is 1. The highest BCUT2D eigenvalue weighted by Gasteiger charge is 2.16. The highest BCUT2D eigenvalue weighted by Crippen LogP contribution is 2.15. The van der Waals surface area contributed by atoms with Crippen LogP contribution in [-0.2, 0) is 14.3 Å². The first-order valence-electron chi connectivity index (χ1n) is 7.74. The number of para-hydroxylation sites is 1. The Morgan fingerprint density at radius 3 is 2.00 bits per heavy atom. The molecule has 5 heteroatoms. The topological polar surface area (TPSA) is 65.0 Å². The first-order valence-corrected chi connectivity index (χ1v) is 7.74. The molecule has 0 heterocycles. The first-order chi connectivity index (χ1) is 11.7. The van der Waals surface area contributed by atoms with Crippen molar-refractivity contribution >= 4 is 23.3 Å². The standard InChI is InChI=1S/C19H19NO4/c1-3-23-18(21)15-12-10-14(11-13-15)17(19(22)24-4-2)20-16-8-6-5-7-9-16/h5-13H,3-4H2,1-2H3. The minimum absolute atomic E-state index is 0.193. The summed E-state index contributed by atoms with van der Waals surface area (Å²) in [6.07, 6.45) is 0. The van der Waals surface area contributed by atoms with Crippen LogP contribution in [-0.4, -0.2) is 30.9 Å². The Labute approximate surface area is 140 Å². The van der Waals surface area contributed by atoms with E-state index in [0.717, 1.165) is 0 Å². The molecule has 5 nitrogen and oxygen atoms in total. The van der Waals surface area contributed by atoms with Gasteiger partial charge in [-0.3, -0.25) is 0 Å². The highest BCUT2D eigenvalue weighted by molar-refractivity contribution is 6.43. The lowest BCUT2D eigenvalue weighted by atomic mass is 10.1. The van der Waals surface area contributed by atoms with Crippen LogP contribution in [0.1, 0.15) is 29.8 Å². The number of hydrogen-bond acceptors (Lipinski definition) is 5. The number of aliphatic imine (C=N–C) groups is 1. The van der Waals surface area contributed by atoms with E-state index in [1.165, 1.54) is 0 Å². The molecule has 0 saturated carbocycles. The van der Waals surface area contributed by atoms with Gasteiger partial charge in [0.25, 0.3) is 0 Å². The number of ether oxygens (including phenoxy) is 2. The number of esters is 2. The Morgan fingerprint density at radius 1 is 0.833 bits per heavy atom. The van der Waals surface area contributed by atoms with Gasteiger partial charge in [-0.05, 0) is 38.1 Å².